The quantitative estimate of drug-likeness (QED) is 0.300. The van der Waals surface area contributed by atoms with Crippen LogP contribution in [-0.4, -0.2) is 36.3 Å². The number of hydrogen-bond acceptors (Lipinski definition) is 5. The van der Waals surface area contributed by atoms with E-state index in [0.29, 0.717) is 18.4 Å². The molecule has 3 rings (SSSR count). The van der Waals surface area contributed by atoms with E-state index in [1.807, 2.05) is 28.8 Å². The van der Waals surface area contributed by atoms with Crippen LogP contribution in [0, 0.1) is 0 Å². The number of methoxy groups -OCH3 is 1. The second kappa shape index (κ2) is 8.94. The fraction of sp³-hybridized carbons (Fsp3) is 0.400. The van der Waals surface area contributed by atoms with Gasteiger partial charge in [-0.25, -0.2) is 9.97 Å². The number of halogens is 1. The minimum absolute atomic E-state index is 0.423. The van der Waals surface area contributed by atoms with Crippen molar-refractivity contribution in [2.75, 3.05) is 19.0 Å². The predicted molar refractivity (Wildman–Crippen MR) is 117 cm³/mol. The number of aromatic nitrogens is 3. The van der Waals surface area contributed by atoms with Gasteiger partial charge in [0, 0.05) is 27.3 Å². The molecule has 3 aromatic rings. The highest BCUT2D eigenvalue weighted by molar-refractivity contribution is 6.76. The maximum Gasteiger partial charge on any atom is 0.165 e. The molecule has 8 heteroatoms. The molecule has 6 nitrogen and oxygen atoms in total. The summed E-state index contributed by atoms with van der Waals surface area (Å²) in [4.78, 5) is 8.95. The zero-order valence-electron chi connectivity index (χ0n) is 16.8. The lowest BCUT2D eigenvalue weighted by atomic mass is 10.2. The van der Waals surface area contributed by atoms with E-state index in [1.54, 1.807) is 19.5 Å². The third-order valence-corrected chi connectivity index (χ3v) is 6.31. The van der Waals surface area contributed by atoms with Gasteiger partial charge in [-0.2, -0.15) is 0 Å². The molecule has 0 spiro atoms. The Hall–Kier alpha value is -2.09. The minimum Gasteiger partial charge on any atom is -0.497 e. The van der Waals surface area contributed by atoms with Crippen molar-refractivity contribution >= 4 is 36.5 Å². The monoisotopic (exact) mass is 418 g/mol. The Labute approximate surface area is 171 Å². The Morgan fingerprint density at radius 3 is 2.61 bits per heavy atom. The molecule has 0 saturated heterocycles. The first kappa shape index (κ1) is 20.6. The van der Waals surface area contributed by atoms with Crippen molar-refractivity contribution < 1.29 is 9.47 Å². The van der Waals surface area contributed by atoms with E-state index >= 15 is 0 Å². The van der Waals surface area contributed by atoms with Crippen LogP contribution in [0.4, 0.5) is 5.69 Å². The van der Waals surface area contributed by atoms with Gasteiger partial charge in [-0.15, -0.1) is 0 Å². The maximum absolute atomic E-state index is 6.25. The molecule has 2 aromatic heterocycles. The van der Waals surface area contributed by atoms with Crippen molar-refractivity contribution in [1.29, 1.82) is 0 Å². The Morgan fingerprint density at radius 2 is 1.93 bits per heavy atom. The summed E-state index contributed by atoms with van der Waals surface area (Å²) in [6.07, 6.45) is 1.75. The van der Waals surface area contributed by atoms with Crippen LogP contribution in [0.2, 0.25) is 30.8 Å². The molecule has 0 atom stereocenters. The molecule has 0 saturated carbocycles. The van der Waals surface area contributed by atoms with Crippen LogP contribution in [0.1, 0.15) is 5.56 Å². The highest BCUT2D eigenvalue weighted by atomic mass is 35.5. The molecule has 0 fully saturated rings. The summed E-state index contributed by atoms with van der Waals surface area (Å²) in [7, 11) is 0.556. The van der Waals surface area contributed by atoms with Gasteiger partial charge in [0.25, 0.3) is 0 Å². The fourth-order valence-corrected chi connectivity index (χ4v) is 3.66. The van der Waals surface area contributed by atoms with Crippen molar-refractivity contribution in [2.45, 2.75) is 39.0 Å². The SMILES string of the molecule is COc1ccc(CNc2cc(Cl)nc3c2ncn3COCC[Si](C)(C)C)cc1. The number of imidazole rings is 1. The Kier molecular flexibility index (Phi) is 6.59. The van der Waals surface area contributed by atoms with E-state index in [2.05, 4.69) is 34.9 Å². The molecule has 1 N–H and O–H groups in total. The second-order valence-electron chi connectivity index (χ2n) is 7.93. The van der Waals surface area contributed by atoms with Crippen LogP contribution < -0.4 is 10.1 Å². The topological polar surface area (TPSA) is 61.2 Å². The minimum atomic E-state index is -1.10. The average Bonchev–Trinajstić information content (AvgIpc) is 3.06. The van der Waals surface area contributed by atoms with E-state index in [9.17, 15) is 0 Å². The van der Waals surface area contributed by atoms with Crippen molar-refractivity contribution in [1.82, 2.24) is 14.5 Å². The molecule has 1 aromatic carbocycles. The molecule has 0 unspecified atom stereocenters. The van der Waals surface area contributed by atoms with Gasteiger partial charge in [0.15, 0.2) is 5.65 Å². The first-order valence-electron chi connectivity index (χ1n) is 9.32. The van der Waals surface area contributed by atoms with Crippen LogP contribution >= 0.6 is 11.6 Å². The average molecular weight is 419 g/mol. The standard InChI is InChI=1S/C20H27ClN4O2Si/c1-26-16-7-5-15(6-8-16)12-22-17-11-18(21)24-20-19(17)23-13-25(20)14-27-9-10-28(2,3)4/h5-8,11,13H,9-10,12,14H2,1-4H3,(H,22,24). The van der Waals surface area contributed by atoms with Crippen molar-refractivity contribution in [3.63, 3.8) is 0 Å². The van der Waals surface area contributed by atoms with Gasteiger partial charge in [0.2, 0.25) is 0 Å². The number of fused-ring (bicyclic) bond motifs is 1. The summed E-state index contributed by atoms with van der Waals surface area (Å²) in [6, 6.07) is 10.9. The molecule has 0 radical (unpaired) electrons. The number of nitrogens with one attached hydrogen (secondary N) is 1. The normalized spacial score (nSPS) is 11.8. The Bertz CT molecular complexity index is 922. The molecule has 0 amide bonds. The van der Waals surface area contributed by atoms with E-state index in [-0.39, 0.29) is 0 Å². The van der Waals surface area contributed by atoms with E-state index in [1.165, 1.54) is 0 Å². The van der Waals surface area contributed by atoms with Crippen molar-refractivity contribution in [3.8, 4) is 5.75 Å². The van der Waals surface area contributed by atoms with Gasteiger partial charge in [0.05, 0.1) is 19.1 Å². The van der Waals surface area contributed by atoms with Gasteiger partial charge in [-0.3, -0.25) is 4.57 Å². The van der Waals surface area contributed by atoms with Crippen LogP contribution in [0.3, 0.4) is 0 Å². The van der Waals surface area contributed by atoms with Gasteiger partial charge < -0.3 is 14.8 Å². The van der Waals surface area contributed by atoms with E-state index in [4.69, 9.17) is 21.1 Å². The molecule has 150 valence electrons. The van der Waals surface area contributed by atoms with Crippen molar-refractivity contribution in [3.05, 3.63) is 47.4 Å². The summed E-state index contributed by atoms with van der Waals surface area (Å²) in [5, 5.41) is 3.83. The van der Waals surface area contributed by atoms with E-state index in [0.717, 1.165) is 40.8 Å². The zero-order valence-corrected chi connectivity index (χ0v) is 18.6. The predicted octanol–water partition coefficient (Wildman–Crippen LogP) is 5.02. The van der Waals surface area contributed by atoms with Crippen LogP contribution in [0.15, 0.2) is 36.7 Å². The molecular formula is C20H27ClN4O2Si. The fourth-order valence-electron chi connectivity index (χ4n) is 2.72. The number of rotatable bonds is 9. The highest BCUT2D eigenvalue weighted by Gasteiger charge is 2.14. The largest absolute Gasteiger partial charge is 0.497 e. The summed E-state index contributed by atoms with van der Waals surface area (Å²) >= 11 is 6.25. The Morgan fingerprint density at radius 1 is 1.18 bits per heavy atom. The number of anilines is 1. The van der Waals surface area contributed by atoms with Crippen LogP contribution in [0.25, 0.3) is 11.2 Å². The Balaban J connectivity index is 1.70. The lowest BCUT2D eigenvalue weighted by molar-refractivity contribution is 0.0895. The molecule has 28 heavy (non-hydrogen) atoms. The smallest absolute Gasteiger partial charge is 0.165 e. The van der Waals surface area contributed by atoms with Gasteiger partial charge in [0.1, 0.15) is 23.2 Å². The summed E-state index contributed by atoms with van der Waals surface area (Å²) in [6.45, 7) is 8.84. The van der Waals surface area contributed by atoms with Crippen LogP contribution in [0.5, 0.6) is 5.75 Å². The maximum atomic E-state index is 6.25. The van der Waals surface area contributed by atoms with Crippen LogP contribution in [-0.2, 0) is 18.0 Å². The third kappa shape index (κ3) is 5.47. The molecule has 0 aliphatic carbocycles. The number of ether oxygens (including phenoxy) is 2. The number of pyridine rings is 1. The van der Waals surface area contributed by atoms with Crippen molar-refractivity contribution in [2.24, 2.45) is 0 Å². The molecule has 0 bridgehead atoms. The summed E-state index contributed by atoms with van der Waals surface area (Å²) in [5.74, 6) is 0.839. The van der Waals surface area contributed by atoms with Gasteiger partial charge in [-0.05, 0) is 23.7 Å². The molecular weight excluding hydrogens is 392 g/mol. The summed E-state index contributed by atoms with van der Waals surface area (Å²) < 4.78 is 12.9. The number of benzene rings is 1. The molecule has 2 heterocycles. The zero-order chi connectivity index (χ0) is 20.1. The number of hydrogen-bond donors (Lipinski definition) is 1. The lowest BCUT2D eigenvalue weighted by Crippen LogP contribution is -2.22. The lowest BCUT2D eigenvalue weighted by Gasteiger charge is -2.15. The highest BCUT2D eigenvalue weighted by Crippen LogP contribution is 2.25. The van der Waals surface area contributed by atoms with Gasteiger partial charge >= 0.3 is 0 Å². The third-order valence-electron chi connectivity index (χ3n) is 4.41. The van der Waals surface area contributed by atoms with Gasteiger partial charge in [-0.1, -0.05) is 43.4 Å². The first-order chi connectivity index (χ1) is 13.4. The first-order valence-corrected chi connectivity index (χ1v) is 13.4. The number of nitrogens with zero attached hydrogens (tertiary/aromatic N) is 3. The molecule has 0 aliphatic heterocycles. The molecule has 0 aliphatic rings. The summed E-state index contributed by atoms with van der Waals surface area (Å²) in [5.41, 5.74) is 3.49. The van der Waals surface area contributed by atoms with E-state index < -0.39 is 8.07 Å². The second-order valence-corrected chi connectivity index (χ2v) is 13.9.